The van der Waals surface area contributed by atoms with Gasteiger partial charge in [0.1, 0.15) is 12.3 Å². The average molecular weight is 318 g/mol. The van der Waals surface area contributed by atoms with E-state index in [4.69, 9.17) is 9.47 Å². The molecular weight excluding hydrogens is 304 g/mol. The Kier molecular flexibility index (Phi) is 5.08. The molecule has 1 N–H and O–H groups in total. The van der Waals surface area contributed by atoms with Crippen LogP contribution in [0.15, 0.2) is 46.1 Å². The lowest BCUT2D eigenvalue weighted by Crippen LogP contribution is -2.31. The van der Waals surface area contributed by atoms with E-state index < -0.39 is 30.4 Å². The Balaban J connectivity index is 1.91. The summed E-state index contributed by atoms with van der Waals surface area (Å²) in [5.41, 5.74) is -0.912. The van der Waals surface area contributed by atoms with Crippen LogP contribution in [-0.2, 0) is 16.1 Å². The maximum absolute atomic E-state index is 11.9. The molecule has 0 bridgehead atoms. The van der Waals surface area contributed by atoms with E-state index in [1.165, 1.54) is 13.3 Å². The van der Waals surface area contributed by atoms with Gasteiger partial charge in [-0.15, -0.1) is 0 Å². The molecule has 8 heteroatoms. The largest absolute Gasteiger partial charge is 0.497 e. The lowest BCUT2D eigenvalue weighted by atomic mass is 10.1. The van der Waals surface area contributed by atoms with Crippen molar-refractivity contribution in [2.45, 2.75) is 6.54 Å². The van der Waals surface area contributed by atoms with Crippen LogP contribution in [0.4, 0.5) is 0 Å². The lowest BCUT2D eigenvalue weighted by molar-refractivity contribution is -0.143. The van der Waals surface area contributed by atoms with E-state index in [0.717, 1.165) is 10.6 Å². The monoisotopic (exact) mass is 318 g/mol. The number of nitrogens with zero attached hydrogens (tertiary/aromatic N) is 1. The standard InChI is InChI=1S/C15H14N2O6/c1-22-11-4-2-10(3-5-11)12(18)9-23-14(20)8-17-7-6-13(19)16-15(17)21/h2-7H,8-9H2,1H3,(H,16,19,21). The molecule has 0 aliphatic heterocycles. The third-order valence-corrected chi connectivity index (χ3v) is 2.97. The van der Waals surface area contributed by atoms with Crippen molar-refractivity contribution in [1.82, 2.24) is 9.55 Å². The third-order valence-electron chi connectivity index (χ3n) is 2.97. The smallest absolute Gasteiger partial charge is 0.328 e. The van der Waals surface area contributed by atoms with Gasteiger partial charge >= 0.3 is 11.7 Å². The highest BCUT2D eigenvalue weighted by atomic mass is 16.5. The van der Waals surface area contributed by atoms with Crippen molar-refractivity contribution in [2.24, 2.45) is 0 Å². The average Bonchev–Trinajstić information content (AvgIpc) is 2.55. The summed E-state index contributed by atoms with van der Waals surface area (Å²) in [4.78, 5) is 47.9. The van der Waals surface area contributed by atoms with E-state index >= 15 is 0 Å². The van der Waals surface area contributed by atoms with Crippen molar-refractivity contribution in [2.75, 3.05) is 13.7 Å². The number of hydrogen-bond donors (Lipinski definition) is 1. The topological polar surface area (TPSA) is 107 Å². The summed E-state index contributed by atoms with van der Waals surface area (Å²) in [5, 5.41) is 0. The number of rotatable bonds is 6. The molecule has 0 atom stereocenters. The van der Waals surface area contributed by atoms with E-state index in [-0.39, 0.29) is 5.78 Å². The van der Waals surface area contributed by atoms with Crippen LogP contribution < -0.4 is 16.0 Å². The first-order valence-corrected chi connectivity index (χ1v) is 6.62. The molecule has 0 fully saturated rings. The number of nitrogens with one attached hydrogen (secondary N) is 1. The zero-order valence-corrected chi connectivity index (χ0v) is 12.3. The van der Waals surface area contributed by atoms with Gasteiger partial charge in [0.2, 0.25) is 0 Å². The first kappa shape index (κ1) is 16.2. The summed E-state index contributed by atoms with van der Waals surface area (Å²) in [6, 6.07) is 7.46. The number of aromatic amines is 1. The summed E-state index contributed by atoms with van der Waals surface area (Å²) in [5.74, 6) is -0.535. The lowest BCUT2D eigenvalue weighted by Gasteiger charge is -2.06. The normalized spacial score (nSPS) is 10.1. The Morgan fingerprint density at radius 3 is 2.43 bits per heavy atom. The van der Waals surface area contributed by atoms with Gasteiger partial charge in [-0.25, -0.2) is 4.79 Å². The highest BCUT2D eigenvalue weighted by Crippen LogP contribution is 2.11. The van der Waals surface area contributed by atoms with Gasteiger partial charge in [0.25, 0.3) is 5.56 Å². The minimum Gasteiger partial charge on any atom is -0.497 e. The number of carbonyl (C=O) groups excluding carboxylic acids is 2. The van der Waals surface area contributed by atoms with E-state index in [2.05, 4.69) is 0 Å². The van der Waals surface area contributed by atoms with Crippen LogP contribution in [-0.4, -0.2) is 35.0 Å². The first-order chi connectivity index (χ1) is 11.0. The van der Waals surface area contributed by atoms with Gasteiger partial charge in [0.05, 0.1) is 7.11 Å². The minimum absolute atomic E-state index is 0.375. The molecule has 1 aromatic heterocycles. The summed E-state index contributed by atoms with van der Waals surface area (Å²) in [6.45, 7) is -0.839. The Morgan fingerprint density at radius 2 is 1.83 bits per heavy atom. The van der Waals surface area contributed by atoms with Crippen molar-refractivity contribution in [3.8, 4) is 5.75 Å². The third kappa shape index (κ3) is 4.40. The van der Waals surface area contributed by atoms with Gasteiger partial charge in [-0.1, -0.05) is 0 Å². The molecule has 2 rings (SSSR count). The minimum atomic E-state index is -0.763. The number of esters is 1. The van der Waals surface area contributed by atoms with Crippen molar-refractivity contribution in [3.05, 3.63) is 62.9 Å². The highest BCUT2D eigenvalue weighted by Gasteiger charge is 2.11. The molecule has 2 aromatic rings. The van der Waals surface area contributed by atoms with Crippen molar-refractivity contribution < 1.29 is 19.1 Å². The molecule has 0 saturated carbocycles. The Hall–Kier alpha value is -3.16. The fourth-order valence-electron chi connectivity index (χ4n) is 1.76. The van der Waals surface area contributed by atoms with E-state index in [9.17, 15) is 19.2 Å². The molecule has 8 nitrogen and oxygen atoms in total. The molecule has 23 heavy (non-hydrogen) atoms. The Bertz CT molecular complexity index is 819. The number of hydrogen-bond acceptors (Lipinski definition) is 6. The van der Waals surface area contributed by atoms with Gasteiger partial charge in [-0.3, -0.25) is 23.9 Å². The fraction of sp³-hybridized carbons (Fsp3) is 0.200. The van der Waals surface area contributed by atoms with Crippen molar-refractivity contribution in [3.63, 3.8) is 0 Å². The van der Waals surface area contributed by atoms with Gasteiger partial charge in [-0.05, 0) is 24.3 Å². The van der Waals surface area contributed by atoms with Crippen LogP contribution in [0.3, 0.4) is 0 Å². The van der Waals surface area contributed by atoms with Crippen LogP contribution in [0.5, 0.6) is 5.75 Å². The van der Waals surface area contributed by atoms with Crippen LogP contribution >= 0.6 is 0 Å². The van der Waals surface area contributed by atoms with Crippen molar-refractivity contribution >= 4 is 11.8 Å². The second kappa shape index (κ2) is 7.21. The zero-order chi connectivity index (χ0) is 16.8. The van der Waals surface area contributed by atoms with Crippen LogP contribution in [0, 0.1) is 0 Å². The summed E-state index contributed by atoms with van der Waals surface area (Å²) in [6.07, 6.45) is 1.17. The predicted molar refractivity (Wildman–Crippen MR) is 79.6 cm³/mol. The number of ketones is 1. The SMILES string of the molecule is COc1ccc(C(=O)COC(=O)Cn2ccc(=O)[nH]c2=O)cc1. The number of Topliss-reactive ketones (excluding diaryl/α,β-unsaturated/α-hetero) is 1. The Labute approximate surface area is 130 Å². The van der Waals surface area contributed by atoms with Crippen LogP contribution in [0.25, 0.3) is 0 Å². The summed E-state index contributed by atoms with van der Waals surface area (Å²) in [7, 11) is 1.51. The van der Waals surface area contributed by atoms with Gasteiger partial charge in [0.15, 0.2) is 12.4 Å². The number of ether oxygens (including phenoxy) is 2. The number of methoxy groups -OCH3 is 1. The molecular formula is C15H14N2O6. The number of aromatic nitrogens is 2. The molecule has 0 aliphatic carbocycles. The maximum atomic E-state index is 11.9. The highest BCUT2D eigenvalue weighted by molar-refractivity contribution is 5.98. The summed E-state index contributed by atoms with van der Waals surface area (Å²) >= 11 is 0. The molecule has 0 unspecified atom stereocenters. The molecule has 0 saturated heterocycles. The van der Waals surface area contributed by atoms with Gasteiger partial charge in [-0.2, -0.15) is 0 Å². The number of H-pyrrole nitrogens is 1. The molecule has 1 heterocycles. The number of benzene rings is 1. The molecule has 0 radical (unpaired) electrons. The molecule has 0 aliphatic rings. The van der Waals surface area contributed by atoms with Gasteiger partial charge < -0.3 is 9.47 Å². The fourth-order valence-corrected chi connectivity index (χ4v) is 1.76. The van der Waals surface area contributed by atoms with Gasteiger partial charge in [0, 0.05) is 17.8 Å². The van der Waals surface area contributed by atoms with E-state index in [1.807, 2.05) is 4.98 Å². The van der Waals surface area contributed by atoms with E-state index in [1.54, 1.807) is 24.3 Å². The summed E-state index contributed by atoms with van der Waals surface area (Å²) < 4.78 is 10.8. The molecule has 120 valence electrons. The maximum Gasteiger partial charge on any atom is 0.328 e. The molecule has 1 aromatic carbocycles. The molecule has 0 spiro atoms. The number of carbonyl (C=O) groups is 2. The predicted octanol–water partition coefficient (Wildman–Crippen LogP) is -0.0287. The second-order valence-corrected chi connectivity index (χ2v) is 4.55. The zero-order valence-electron chi connectivity index (χ0n) is 12.3. The van der Waals surface area contributed by atoms with Crippen LogP contribution in [0.2, 0.25) is 0 Å². The molecule has 0 amide bonds. The van der Waals surface area contributed by atoms with E-state index in [0.29, 0.717) is 11.3 Å². The Morgan fingerprint density at radius 1 is 1.13 bits per heavy atom. The van der Waals surface area contributed by atoms with Crippen molar-refractivity contribution in [1.29, 1.82) is 0 Å². The van der Waals surface area contributed by atoms with Crippen LogP contribution in [0.1, 0.15) is 10.4 Å². The second-order valence-electron chi connectivity index (χ2n) is 4.55. The first-order valence-electron chi connectivity index (χ1n) is 6.62. The quantitative estimate of drug-likeness (QED) is 0.592.